The van der Waals surface area contributed by atoms with Crippen LogP contribution in [0.2, 0.25) is 5.02 Å². The highest BCUT2D eigenvalue weighted by molar-refractivity contribution is 6.33. The summed E-state index contributed by atoms with van der Waals surface area (Å²) in [5.41, 5.74) is 9.82. The fourth-order valence-corrected chi connectivity index (χ4v) is 2.99. The number of nitrogens with zero attached hydrogens (tertiary/aromatic N) is 1. The number of rotatable bonds is 4. The minimum absolute atomic E-state index is 0.428. The molecular formula is C19H17ClN2O. The molecule has 0 unspecified atom stereocenters. The molecule has 0 atom stereocenters. The van der Waals surface area contributed by atoms with Gasteiger partial charge >= 0.3 is 0 Å². The zero-order valence-corrected chi connectivity index (χ0v) is 13.5. The van der Waals surface area contributed by atoms with E-state index in [4.69, 9.17) is 17.3 Å². The van der Waals surface area contributed by atoms with Crippen LogP contribution in [0.15, 0.2) is 60.7 Å². The van der Waals surface area contributed by atoms with E-state index in [0.717, 1.165) is 22.5 Å². The molecule has 0 saturated carbocycles. The quantitative estimate of drug-likeness (QED) is 0.765. The highest BCUT2D eigenvalue weighted by Gasteiger charge is 2.18. The Balaban J connectivity index is 2.17. The first-order chi connectivity index (χ1) is 11.1. The lowest BCUT2D eigenvalue weighted by atomic mass is 10.1. The molecule has 0 fully saturated rings. The Hall–Kier alpha value is -2.52. The van der Waals surface area contributed by atoms with Crippen LogP contribution < -0.4 is 5.73 Å². The number of amides is 1. The number of primary amides is 1. The Kier molecular flexibility index (Phi) is 4.22. The average molecular weight is 325 g/mol. The van der Waals surface area contributed by atoms with E-state index in [1.807, 2.05) is 55.5 Å². The highest BCUT2D eigenvalue weighted by Crippen LogP contribution is 2.31. The second-order valence-corrected chi connectivity index (χ2v) is 5.85. The van der Waals surface area contributed by atoms with Gasteiger partial charge in [0.05, 0.1) is 11.3 Å². The van der Waals surface area contributed by atoms with Crippen molar-refractivity contribution in [1.29, 1.82) is 0 Å². The second kappa shape index (κ2) is 6.31. The normalized spacial score (nSPS) is 10.7. The Morgan fingerprint density at radius 2 is 1.74 bits per heavy atom. The van der Waals surface area contributed by atoms with Crippen molar-refractivity contribution in [2.24, 2.45) is 5.73 Å². The van der Waals surface area contributed by atoms with Crippen molar-refractivity contribution in [2.75, 3.05) is 0 Å². The molecule has 1 heterocycles. The maximum Gasteiger partial charge on any atom is 0.250 e. The summed E-state index contributed by atoms with van der Waals surface area (Å²) in [6.45, 7) is 2.56. The number of nitrogens with two attached hydrogens (primary N) is 1. The van der Waals surface area contributed by atoms with Crippen LogP contribution in [0.5, 0.6) is 0 Å². The predicted molar refractivity (Wildman–Crippen MR) is 93.7 cm³/mol. The molecule has 116 valence electrons. The van der Waals surface area contributed by atoms with Gasteiger partial charge in [-0.3, -0.25) is 4.79 Å². The molecular weight excluding hydrogens is 308 g/mol. The first-order valence-electron chi connectivity index (χ1n) is 7.36. The number of benzene rings is 2. The van der Waals surface area contributed by atoms with Crippen molar-refractivity contribution in [2.45, 2.75) is 13.5 Å². The Bertz CT molecular complexity index is 853. The second-order valence-electron chi connectivity index (χ2n) is 5.44. The van der Waals surface area contributed by atoms with Crippen LogP contribution in [0.3, 0.4) is 0 Å². The molecule has 0 radical (unpaired) electrons. The summed E-state index contributed by atoms with van der Waals surface area (Å²) in [6, 6.07) is 19.5. The third kappa shape index (κ3) is 3.01. The van der Waals surface area contributed by atoms with Crippen molar-refractivity contribution in [3.8, 4) is 11.3 Å². The summed E-state index contributed by atoms with van der Waals surface area (Å²) in [4.78, 5) is 11.7. The molecule has 0 aliphatic rings. The van der Waals surface area contributed by atoms with E-state index < -0.39 is 5.91 Å². The molecule has 3 aromatic rings. The van der Waals surface area contributed by atoms with Crippen LogP contribution in [0, 0.1) is 6.92 Å². The Morgan fingerprint density at radius 1 is 1.09 bits per heavy atom. The molecule has 0 bridgehead atoms. The van der Waals surface area contributed by atoms with Gasteiger partial charge in [-0.1, -0.05) is 60.1 Å². The van der Waals surface area contributed by atoms with Crippen LogP contribution in [0.4, 0.5) is 0 Å². The largest absolute Gasteiger partial charge is 0.366 e. The monoisotopic (exact) mass is 324 g/mol. The SMILES string of the molecule is Cc1c(C(N)=O)cc(-c2ccccc2Cl)n1Cc1ccccc1. The summed E-state index contributed by atoms with van der Waals surface area (Å²) in [5.74, 6) is -0.428. The molecule has 2 N–H and O–H groups in total. The number of halogens is 1. The van der Waals surface area contributed by atoms with Crippen LogP contribution in [-0.4, -0.2) is 10.5 Å². The molecule has 23 heavy (non-hydrogen) atoms. The zero-order valence-electron chi connectivity index (χ0n) is 12.8. The van der Waals surface area contributed by atoms with Gasteiger partial charge in [0.15, 0.2) is 0 Å². The molecule has 1 amide bonds. The fourth-order valence-electron chi connectivity index (χ4n) is 2.76. The summed E-state index contributed by atoms with van der Waals surface area (Å²) in [6.07, 6.45) is 0. The van der Waals surface area contributed by atoms with Crippen LogP contribution in [0.1, 0.15) is 21.6 Å². The van der Waals surface area contributed by atoms with Crippen LogP contribution in [-0.2, 0) is 6.54 Å². The molecule has 4 heteroatoms. The van der Waals surface area contributed by atoms with E-state index in [9.17, 15) is 4.79 Å². The smallest absolute Gasteiger partial charge is 0.250 e. The molecule has 2 aromatic carbocycles. The third-order valence-electron chi connectivity index (χ3n) is 3.97. The molecule has 3 nitrogen and oxygen atoms in total. The van der Waals surface area contributed by atoms with E-state index in [-0.39, 0.29) is 0 Å². The fraction of sp³-hybridized carbons (Fsp3) is 0.105. The molecule has 0 aliphatic heterocycles. The van der Waals surface area contributed by atoms with E-state index in [0.29, 0.717) is 17.1 Å². The lowest BCUT2D eigenvalue weighted by Gasteiger charge is -2.13. The van der Waals surface area contributed by atoms with Crippen molar-refractivity contribution in [1.82, 2.24) is 4.57 Å². The van der Waals surface area contributed by atoms with Crippen molar-refractivity contribution in [3.05, 3.63) is 82.5 Å². The molecule has 0 saturated heterocycles. The lowest BCUT2D eigenvalue weighted by molar-refractivity contribution is 0.0999. The minimum Gasteiger partial charge on any atom is -0.366 e. The van der Waals surface area contributed by atoms with Gasteiger partial charge in [0.2, 0.25) is 0 Å². The lowest BCUT2D eigenvalue weighted by Crippen LogP contribution is -2.12. The standard InChI is InChI=1S/C19H17ClN2O/c1-13-16(19(21)23)11-18(15-9-5-6-10-17(15)20)22(13)12-14-7-3-2-4-8-14/h2-11H,12H2,1H3,(H2,21,23). The van der Waals surface area contributed by atoms with Crippen LogP contribution >= 0.6 is 11.6 Å². The molecule has 0 spiro atoms. The number of aromatic nitrogens is 1. The van der Waals surface area contributed by atoms with E-state index in [2.05, 4.69) is 16.7 Å². The van der Waals surface area contributed by atoms with E-state index in [1.165, 1.54) is 0 Å². The maximum absolute atomic E-state index is 11.7. The number of carbonyl (C=O) groups is 1. The Labute approximate surface area is 140 Å². The van der Waals surface area contributed by atoms with Crippen molar-refractivity contribution >= 4 is 17.5 Å². The van der Waals surface area contributed by atoms with Gasteiger partial charge in [-0.25, -0.2) is 0 Å². The van der Waals surface area contributed by atoms with E-state index >= 15 is 0 Å². The topological polar surface area (TPSA) is 48.0 Å². The van der Waals surface area contributed by atoms with Crippen molar-refractivity contribution < 1.29 is 4.79 Å². The summed E-state index contributed by atoms with van der Waals surface area (Å²) >= 11 is 6.35. The third-order valence-corrected chi connectivity index (χ3v) is 4.29. The first-order valence-corrected chi connectivity index (χ1v) is 7.74. The highest BCUT2D eigenvalue weighted by atomic mass is 35.5. The van der Waals surface area contributed by atoms with Gasteiger partial charge in [-0.2, -0.15) is 0 Å². The number of carbonyl (C=O) groups excluding carboxylic acids is 1. The van der Waals surface area contributed by atoms with Gasteiger partial charge in [0, 0.05) is 22.8 Å². The van der Waals surface area contributed by atoms with E-state index in [1.54, 1.807) is 0 Å². The van der Waals surface area contributed by atoms with Gasteiger partial charge < -0.3 is 10.3 Å². The van der Waals surface area contributed by atoms with Crippen molar-refractivity contribution in [3.63, 3.8) is 0 Å². The Morgan fingerprint density at radius 3 is 2.39 bits per heavy atom. The maximum atomic E-state index is 11.7. The summed E-state index contributed by atoms with van der Waals surface area (Å²) in [7, 11) is 0. The van der Waals surface area contributed by atoms with Gasteiger partial charge in [0.1, 0.15) is 0 Å². The van der Waals surface area contributed by atoms with Gasteiger partial charge in [-0.05, 0) is 24.6 Å². The molecule has 3 rings (SSSR count). The molecule has 1 aromatic heterocycles. The van der Waals surface area contributed by atoms with Crippen LogP contribution in [0.25, 0.3) is 11.3 Å². The number of hydrogen-bond acceptors (Lipinski definition) is 1. The predicted octanol–water partition coefficient (Wildman–Crippen LogP) is 4.26. The summed E-state index contributed by atoms with van der Waals surface area (Å²) < 4.78 is 2.08. The summed E-state index contributed by atoms with van der Waals surface area (Å²) in [5, 5.41) is 0.648. The van der Waals surface area contributed by atoms with Gasteiger partial charge in [0.25, 0.3) is 5.91 Å². The number of hydrogen-bond donors (Lipinski definition) is 1. The average Bonchev–Trinajstić information content (AvgIpc) is 2.86. The minimum atomic E-state index is -0.428. The van der Waals surface area contributed by atoms with Gasteiger partial charge in [-0.15, -0.1) is 0 Å². The zero-order chi connectivity index (χ0) is 16.4. The first kappa shape index (κ1) is 15.4. The molecule has 0 aliphatic carbocycles.